The summed E-state index contributed by atoms with van der Waals surface area (Å²) < 4.78 is 1.95. The van der Waals surface area contributed by atoms with E-state index >= 15 is 0 Å². The minimum atomic E-state index is 0.644. The molecule has 4 nitrogen and oxygen atoms in total. The maximum atomic E-state index is 4.20. The molecule has 2 rings (SSSR count). The molecule has 0 saturated carbocycles. The second kappa shape index (κ2) is 4.91. The number of hydrogen-bond donors (Lipinski definition) is 0. The first-order valence-corrected chi connectivity index (χ1v) is 5.71. The van der Waals surface area contributed by atoms with Gasteiger partial charge in [-0.25, -0.2) is 4.98 Å². The van der Waals surface area contributed by atoms with Gasteiger partial charge in [0.15, 0.2) is 0 Å². The van der Waals surface area contributed by atoms with E-state index in [-0.39, 0.29) is 0 Å². The minimum absolute atomic E-state index is 0.644. The Morgan fingerprint density at radius 1 is 1.18 bits per heavy atom. The summed E-state index contributed by atoms with van der Waals surface area (Å²) in [6, 6.07) is 6.04. The van der Waals surface area contributed by atoms with E-state index in [4.69, 9.17) is 0 Å². The molecule has 4 heteroatoms. The molecule has 17 heavy (non-hydrogen) atoms. The molecular formula is C13H16N4. The molecule has 1 heterocycles. The second-order valence-corrected chi connectivity index (χ2v) is 3.98. The smallest absolute Gasteiger partial charge is 0.249 e. The van der Waals surface area contributed by atoms with Gasteiger partial charge in [0.05, 0.1) is 5.69 Å². The first-order chi connectivity index (χ1) is 8.20. The van der Waals surface area contributed by atoms with Crippen molar-refractivity contribution in [2.75, 3.05) is 0 Å². The molecule has 0 amide bonds. The molecule has 0 aliphatic carbocycles. The molecular weight excluding hydrogens is 212 g/mol. The molecule has 0 fully saturated rings. The predicted octanol–water partition coefficient (Wildman–Crippen LogP) is 3.94. The van der Waals surface area contributed by atoms with Gasteiger partial charge in [0.25, 0.3) is 0 Å². The van der Waals surface area contributed by atoms with Crippen LogP contribution in [-0.4, -0.2) is 9.55 Å². The van der Waals surface area contributed by atoms with Crippen molar-refractivity contribution in [1.29, 1.82) is 0 Å². The Hall–Kier alpha value is -1.97. The van der Waals surface area contributed by atoms with E-state index in [1.165, 1.54) is 11.1 Å². The SMILES string of the molecule is CCn1ccnc1N=Nc1ccc(C)c(C)c1. The zero-order chi connectivity index (χ0) is 12.3. The largest absolute Gasteiger partial charge is 0.315 e. The van der Waals surface area contributed by atoms with E-state index in [0.717, 1.165) is 12.2 Å². The summed E-state index contributed by atoms with van der Waals surface area (Å²) in [6.07, 6.45) is 3.63. The molecule has 1 aromatic carbocycles. The summed E-state index contributed by atoms with van der Waals surface area (Å²) in [5.41, 5.74) is 3.35. The van der Waals surface area contributed by atoms with Crippen LogP contribution in [-0.2, 0) is 6.54 Å². The van der Waals surface area contributed by atoms with Gasteiger partial charge in [-0.3, -0.25) is 0 Å². The second-order valence-electron chi connectivity index (χ2n) is 3.98. The van der Waals surface area contributed by atoms with Crippen molar-refractivity contribution in [1.82, 2.24) is 9.55 Å². The third kappa shape index (κ3) is 2.58. The Kier molecular flexibility index (Phi) is 3.32. The zero-order valence-electron chi connectivity index (χ0n) is 10.4. The average Bonchev–Trinajstić information content (AvgIpc) is 2.78. The number of nitrogens with zero attached hydrogens (tertiary/aromatic N) is 4. The van der Waals surface area contributed by atoms with Crippen LogP contribution in [0.25, 0.3) is 0 Å². The first kappa shape index (κ1) is 11.5. The van der Waals surface area contributed by atoms with Crippen molar-refractivity contribution in [2.24, 2.45) is 10.2 Å². The van der Waals surface area contributed by atoms with Crippen LogP contribution in [0.1, 0.15) is 18.1 Å². The number of rotatable bonds is 3. The van der Waals surface area contributed by atoms with Crippen molar-refractivity contribution >= 4 is 11.6 Å². The Morgan fingerprint density at radius 3 is 2.71 bits per heavy atom. The van der Waals surface area contributed by atoms with Crippen molar-refractivity contribution in [2.45, 2.75) is 27.3 Å². The predicted molar refractivity (Wildman–Crippen MR) is 68.0 cm³/mol. The van der Waals surface area contributed by atoms with Crippen LogP contribution in [0.2, 0.25) is 0 Å². The van der Waals surface area contributed by atoms with Crippen LogP contribution in [0.4, 0.5) is 11.6 Å². The monoisotopic (exact) mass is 228 g/mol. The van der Waals surface area contributed by atoms with Crippen molar-refractivity contribution in [3.63, 3.8) is 0 Å². The fourth-order valence-corrected chi connectivity index (χ4v) is 1.54. The van der Waals surface area contributed by atoms with Gasteiger partial charge in [0, 0.05) is 18.9 Å². The van der Waals surface area contributed by atoms with Crippen molar-refractivity contribution in [3.8, 4) is 0 Å². The van der Waals surface area contributed by atoms with Gasteiger partial charge < -0.3 is 4.57 Å². The highest BCUT2D eigenvalue weighted by Crippen LogP contribution is 2.19. The Balaban J connectivity index is 2.23. The fraction of sp³-hybridized carbons (Fsp3) is 0.308. The van der Waals surface area contributed by atoms with Crippen LogP contribution in [0.3, 0.4) is 0 Å². The molecule has 0 aliphatic rings. The van der Waals surface area contributed by atoms with Gasteiger partial charge in [0.1, 0.15) is 0 Å². The summed E-state index contributed by atoms with van der Waals surface area (Å²) >= 11 is 0. The Morgan fingerprint density at radius 2 is 2.00 bits per heavy atom. The number of hydrogen-bond acceptors (Lipinski definition) is 3. The maximum Gasteiger partial charge on any atom is 0.249 e. The molecule has 88 valence electrons. The Labute approximate surface area is 101 Å². The number of imidazole rings is 1. The van der Waals surface area contributed by atoms with Crippen LogP contribution < -0.4 is 0 Å². The first-order valence-electron chi connectivity index (χ1n) is 5.71. The van der Waals surface area contributed by atoms with E-state index in [2.05, 4.69) is 42.1 Å². The quantitative estimate of drug-likeness (QED) is 0.734. The number of aromatic nitrogens is 2. The molecule has 0 aliphatic heterocycles. The van der Waals surface area contributed by atoms with E-state index < -0.39 is 0 Å². The van der Waals surface area contributed by atoms with Crippen LogP contribution in [0, 0.1) is 13.8 Å². The molecule has 2 aromatic rings. The molecule has 0 atom stereocenters. The summed E-state index contributed by atoms with van der Waals surface area (Å²) in [5.74, 6) is 0.644. The molecule has 0 spiro atoms. The summed E-state index contributed by atoms with van der Waals surface area (Å²) in [7, 11) is 0. The van der Waals surface area contributed by atoms with E-state index in [1.54, 1.807) is 6.20 Å². The minimum Gasteiger partial charge on any atom is -0.315 e. The lowest BCUT2D eigenvalue weighted by atomic mass is 10.1. The molecule has 0 N–H and O–H groups in total. The molecule has 1 aromatic heterocycles. The van der Waals surface area contributed by atoms with Crippen molar-refractivity contribution < 1.29 is 0 Å². The lowest BCUT2D eigenvalue weighted by molar-refractivity contribution is 0.758. The van der Waals surface area contributed by atoms with E-state index in [0.29, 0.717) is 5.95 Å². The number of aryl methyl sites for hydroxylation is 3. The average molecular weight is 228 g/mol. The normalized spacial score (nSPS) is 11.2. The van der Waals surface area contributed by atoms with Gasteiger partial charge >= 0.3 is 0 Å². The Bertz CT molecular complexity index is 540. The maximum absolute atomic E-state index is 4.20. The summed E-state index contributed by atoms with van der Waals surface area (Å²) in [5, 5.41) is 8.36. The van der Waals surface area contributed by atoms with Crippen LogP contribution >= 0.6 is 0 Å². The van der Waals surface area contributed by atoms with Gasteiger partial charge in [-0.15, -0.1) is 10.2 Å². The molecule has 0 unspecified atom stereocenters. The lowest BCUT2D eigenvalue weighted by Gasteiger charge is -2.00. The van der Waals surface area contributed by atoms with Gasteiger partial charge in [-0.1, -0.05) is 6.07 Å². The topological polar surface area (TPSA) is 42.5 Å². The highest BCUT2D eigenvalue weighted by atomic mass is 15.3. The summed E-state index contributed by atoms with van der Waals surface area (Å²) in [6.45, 7) is 7.05. The number of benzene rings is 1. The van der Waals surface area contributed by atoms with E-state index in [1.807, 2.05) is 22.9 Å². The standard InChI is InChI=1S/C13H16N4/c1-4-17-8-7-14-13(17)16-15-12-6-5-10(2)11(3)9-12/h5-9H,4H2,1-3H3. The van der Waals surface area contributed by atoms with Gasteiger partial charge in [-0.2, -0.15) is 0 Å². The molecule has 0 saturated heterocycles. The lowest BCUT2D eigenvalue weighted by Crippen LogP contribution is -1.89. The third-order valence-corrected chi connectivity index (χ3v) is 2.78. The highest BCUT2D eigenvalue weighted by molar-refractivity contribution is 5.43. The molecule has 0 bridgehead atoms. The van der Waals surface area contributed by atoms with Crippen LogP contribution in [0.15, 0.2) is 40.8 Å². The highest BCUT2D eigenvalue weighted by Gasteiger charge is 1.99. The fourth-order valence-electron chi connectivity index (χ4n) is 1.54. The number of azo groups is 1. The molecule has 0 radical (unpaired) electrons. The zero-order valence-corrected chi connectivity index (χ0v) is 10.4. The van der Waals surface area contributed by atoms with Gasteiger partial charge in [0.2, 0.25) is 5.95 Å². The summed E-state index contributed by atoms with van der Waals surface area (Å²) in [4.78, 5) is 4.14. The van der Waals surface area contributed by atoms with Gasteiger partial charge in [-0.05, 0) is 44.0 Å². The third-order valence-electron chi connectivity index (χ3n) is 2.78. The van der Waals surface area contributed by atoms with Crippen LogP contribution in [0.5, 0.6) is 0 Å². The van der Waals surface area contributed by atoms with Crippen molar-refractivity contribution in [3.05, 3.63) is 41.7 Å². The van der Waals surface area contributed by atoms with E-state index in [9.17, 15) is 0 Å².